The zero-order valence-corrected chi connectivity index (χ0v) is 14.4. The van der Waals surface area contributed by atoms with E-state index in [2.05, 4.69) is 37.2 Å². The molecule has 0 radical (unpaired) electrons. The van der Waals surface area contributed by atoms with Gasteiger partial charge in [-0.1, -0.05) is 15.9 Å². The average molecular weight is 401 g/mol. The highest BCUT2D eigenvalue weighted by molar-refractivity contribution is 9.11. The Morgan fingerprint density at radius 1 is 0.950 bits per heavy atom. The van der Waals surface area contributed by atoms with E-state index in [0.717, 1.165) is 31.7 Å². The fraction of sp³-hybridized carbons (Fsp3) is 0.200. The molecule has 0 heterocycles. The Morgan fingerprint density at radius 2 is 1.60 bits per heavy atom. The van der Waals surface area contributed by atoms with Crippen LogP contribution in [0.1, 0.15) is 5.56 Å². The van der Waals surface area contributed by atoms with Gasteiger partial charge in [-0.15, -0.1) is 0 Å². The van der Waals surface area contributed by atoms with Crippen LogP contribution in [-0.4, -0.2) is 14.2 Å². The van der Waals surface area contributed by atoms with E-state index in [9.17, 15) is 0 Å². The van der Waals surface area contributed by atoms with Crippen molar-refractivity contribution in [2.45, 2.75) is 6.54 Å². The summed E-state index contributed by atoms with van der Waals surface area (Å²) in [5.74, 6) is 1.58. The summed E-state index contributed by atoms with van der Waals surface area (Å²) >= 11 is 6.97. The molecular formula is C15H15Br2NO2. The van der Waals surface area contributed by atoms with Crippen LogP contribution in [0.3, 0.4) is 0 Å². The first-order valence-corrected chi connectivity index (χ1v) is 7.62. The molecule has 0 atom stereocenters. The predicted octanol–water partition coefficient (Wildman–Crippen LogP) is 4.84. The van der Waals surface area contributed by atoms with Crippen LogP contribution < -0.4 is 14.8 Å². The first-order chi connectivity index (χ1) is 9.62. The van der Waals surface area contributed by atoms with Crippen molar-refractivity contribution >= 4 is 37.5 Å². The Morgan fingerprint density at radius 3 is 2.15 bits per heavy atom. The van der Waals surface area contributed by atoms with Crippen LogP contribution in [-0.2, 0) is 6.54 Å². The van der Waals surface area contributed by atoms with E-state index in [1.54, 1.807) is 14.2 Å². The zero-order valence-electron chi connectivity index (χ0n) is 11.2. The fourth-order valence-electron chi connectivity index (χ4n) is 1.80. The molecule has 0 aliphatic carbocycles. The maximum atomic E-state index is 5.27. The summed E-state index contributed by atoms with van der Waals surface area (Å²) in [5, 5.41) is 3.38. The van der Waals surface area contributed by atoms with Crippen LogP contribution in [0.25, 0.3) is 0 Å². The van der Waals surface area contributed by atoms with Gasteiger partial charge in [-0.2, -0.15) is 0 Å². The Labute approximate surface area is 135 Å². The first kappa shape index (κ1) is 15.2. The molecular weight excluding hydrogens is 386 g/mol. The standard InChI is InChI=1S/C15H15Br2NO2/c1-19-12-5-10(6-13(8-12)20-2)9-18-15-4-3-11(16)7-14(15)17/h3-8,18H,9H2,1-2H3. The molecule has 0 unspecified atom stereocenters. The smallest absolute Gasteiger partial charge is 0.122 e. The highest BCUT2D eigenvalue weighted by Crippen LogP contribution is 2.28. The minimum absolute atomic E-state index is 0.688. The van der Waals surface area contributed by atoms with Gasteiger partial charge in [-0.25, -0.2) is 0 Å². The van der Waals surface area contributed by atoms with Gasteiger partial charge < -0.3 is 14.8 Å². The van der Waals surface area contributed by atoms with Crippen molar-refractivity contribution in [2.24, 2.45) is 0 Å². The number of hydrogen-bond donors (Lipinski definition) is 1. The lowest BCUT2D eigenvalue weighted by atomic mass is 10.2. The Balaban J connectivity index is 2.13. The van der Waals surface area contributed by atoms with Crippen LogP contribution in [0.15, 0.2) is 45.3 Å². The molecule has 0 aliphatic rings. The third-order valence-corrected chi connectivity index (χ3v) is 3.97. The van der Waals surface area contributed by atoms with Crippen molar-refractivity contribution < 1.29 is 9.47 Å². The number of anilines is 1. The number of nitrogens with one attached hydrogen (secondary N) is 1. The Kier molecular flexibility index (Phi) is 5.31. The topological polar surface area (TPSA) is 30.5 Å². The van der Waals surface area contributed by atoms with Crippen molar-refractivity contribution in [1.29, 1.82) is 0 Å². The molecule has 0 saturated carbocycles. The normalized spacial score (nSPS) is 10.2. The second-order valence-corrected chi connectivity index (χ2v) is 5.97. The zero-order chi connectivity index (χ0) is 14.5. The number of halogens is 2. The summed E-state index contributed by atoms with van der Waals surface area (Å²) in [6.07, 6.45) is 0. The second kappa shape index (κ2) is 6.99. The molecule has 0 bridgehead atoms. The van der Waals surface area contributed by atoms with Gasteiger partial charge in [-0.05, 0) is 51.8 Å². The minimum atomic E-state index is 0.688. The molecule has 0 amide bonds. The van der Waals surface area contributed by atoms with Crippen molar-refractivity contribution in [3.63, 3.8) is 0 Å². The van der Waals surface area contributed by atoms with Crippen molar-refractivity contribution in [1.82, 2.24) is 0 Å². The minimum Gasteiger partial charge on any atom is -0.497 e. The molecule has 1 N–H and O–H groups in total. The van der Waals surface area contributed by atoms with Crippen LogP contribution in [0, 0.1) is 0 Å². The second-order valence-electron chi connectivity index (χ2n) is 4.20. The fourth-order valence-corrected chi connectivity index (χ4v) is 2.99. The quantitative estimate of drug-likeness (QED) is 0.778. The number of methoxy groups -OCH3 is 2. The van der Waals surface area contributed by atoms with Gasteiger partial charge in [0.05, 0.1) is 14.2 Å². The van der Waals surface area contributed by atoms with Crippen LogP contribution in [0.5, 0.6) is 11.5 Å². The SMILES string of the molecule is COc1cc(CNc2ccc(Br)cc2Br)cc(OC)c1. The molecule has 0 saturated heterocycles. The number of hydrogen-bond acceptors (Lipinski definition) is 3. The molecule has 20 heavy (non-hydrogen) atoms. The molecule has 0 fully saturated rings. The molecule has 0 aliphatic heterocycles. The summed E-state index contributed by atoms with van der Waals surface area (Å²) < 4.78 is 12.6. The molecule has 3 nitrogen and oxygen atoms in total. The lowest BCUT2D eigenvalue weighted by Gasteiger charge is -2.11. The average Bonchev–Trinajstić information content (AvgIpc) is 2.46. The first-order valence-electron chi connectivity index (χ1n) is 6.03. The lowest BCUT2D eigenvalue weighted by molar-refractivity contribution is 0.393. The van der Waals surface area contributed by atoms with E-state index >= 15 is 0 Å². The van der Waals surface area contributed by atoms with Crippen LogP contribution >= 0.6 is 31.9 Å². The summed E-state index contributed by atoms with van der Waals surface area (Å²) in [6.45, 7) is 0.688. The third kappa shape index (κ3) is 3.90. The van der Waals surface area contributed by atoms with E-state index in [4.69, 9.17) is 9.47 Å². The maximum absolute atomic E-state index is 5.27. The molecule has 2 aromatic rings. The van der Waals surface area contributed by atoms with Crippen LogP contribution in [0.4, 0.5) is 5.69 Å². The monoisotopic (exact) mass is 399 g/mol. The van der Waals surface area contributed by atoms with E-state index < -0.39 is 0 Å². The third-order valence-electron chi connectivity index (χ3n) is 2.83. The summed E-state index contributed by atoms with van der Waals surface area (Å²) in [4.78, 5) is 0. The highest BCUT2D eigenvalue weighted by Gasteiger charge is 2.04. The summed E-state index contributed by atoms with van der Waals surface area (Å²) in [5.41, 5.74) is 2.13. The molecule has 0 spiro atoms. The van der Waals surface area contributed by atoms with E-state index in [-0.39, 0.29) is 0 Å². The van der Waals surface area contributed by atoms with E-state index in [1.165, 1.54) is 0 Å². The predicted molar refractivity (Wildman–Crippen MR) is 88.7 cm³/mol. The highest BCUT2D eigenvalue weighted by atomic mass is 79.9. The van der Waals surface area contributed by atoms with Gasteiger partial charge in [0.1, 0.15) is 11.5 Å². The molecule has 0 aromatic heterocycles. The van der Waals surface area contributed by atoms with Gasteiger partial charge in [0, 0.05) is 27.2 Å². The van der Waals surface area contributed by atoms with Gasteiger partial charge in [-0.3, -0.25) is 0 Å². The lowest BCUT2D eigenvalue weighted by Crippen LogP contribution is -2.01. The number of ether oxygens (including phenoxy) is 2. The summed E-state index contributed by atoms with van der Waals surface area (Å²) in [6, 6.07) is 11.9. The van der Waals surface area contributed by atoms with Crippen molar-refractivity contribution in [3.05, 3.63) is 50.9 Å². The van der Waals surface area contributed by atoms with E-state index in [1.807, 2.05) is 36.4 Å². The van der Waals surface area contributed by atoms with Gasteiger partial charge in [0.2, 0.25) is 0 Å². The molecule has 2 rings (SSSR count). The Hall–Kier alpha value is -1.20. The molecule has 5 heteroatoms. The Bertz CT molecular complexity index is 580. The van der Waals surface area contributed by atoms with Gasteiger partial charge in [0.15, 0.2) is 0 Å². The summed E-state index contributed by atoms with van der Waals surface area (Å²) in [7, 11) is 3.30. The van der Waals surface area contributed by atoms with Crippen molar-refractivity contribution in [3.8, 4) is 11.5 Å². The molecule has 106 valence electrons. The maximum Gasteiger partial charge on any atom is 0.122 e. The van der Waals surface area contributed by atoms with Gasteiger partial charge >= 0.3 is 0 Å². The van der Waals surface area contributed by atoms with Gasteiger partial charge in [0.25, 0.3) is 0 Å². The largest absolute Gasteiger partial charge is 0.497 e. The number of benzene rings is 2. The van der Waals surface area contributed by atoms with E-state index in [0.29, 0.717) is 6.54 Å². The molecule has 2 aromatic carbocycles. The van der Waals surface area contributed by atoms with Crippen molar-refractivity contribution in [2.75, 3.05) is 19.5 Å². The van der Waals surface area contributed by atoms with Crippen LogP contribution in [0.2, 0.25) is 0 Å². The number of rotatable bonds is 5.